The molecule has 3 heteroatoms. The minimum absolute atomic E-state index is 0.343. The van der Waals surface area contributed by atoms with E-state index in [1.54, 1.807) is 0 Å². The Morgan fingerprint density at radius 2 is 1.82 bits per heavy atom. The van der Waals surface area contributed by atoms with E-state index in [1.165, 1.54) is 0 Å². The summed E-state index contributed by atoms with van der Waals surface area (Å²) < 4.78 is 5.23. The number of rotatable bonds is 5. The van der Waals surface area contributed by atoms with Gasteiger partial charge in [-0.15, -0.1) is 11.6 Å². The monoisotopic (exact) mass is 179 g/mol. The summed E-state index contributed by atoms with van der Waals surface area (Å²) in [4.78, 5) is -0.379. The Balaban J connectivity index is 4.00. The zero-order valence-electron chi connectivity index (χ0n) is 7.56. The van der Waals surface area contributed by atoms with Crippen molar-refractivity contribution in [3.8, 4) is 0 Å². The van der Waals surface area contributed by atoms with Crippen LogP contribution in [-0.2, 0) is 4.74 Å². The van der Waals surface area contributed by atoms with E-state index in [1.807, 2.05) is 20.8 Å². The first-order valence-corrected chi connectivity index (χ1v) is 4.54. The zero-order valence-corrected chi connectivity index (χ0v) is 8.32. The second-order valence-electron chi connectivity index (χ2n) is 2.62. The lowest BCUT2D eigenvalue weighted by molar-refractivity contribution is 0.0329. The van der Waals surface area contributed by atoms with Crippen molar-refractivity contribution in [2.45, 2.75) is 44.7 Å². The van der Waals surface area contributed by atoms with Crippen molar-refractivity contribution in [2.24, 2.45) is 5.73 Å². The average Bonchev–Trinajstić information content (AvgIpc) is 2.03. The molecule has 0 rings (SSSR count). The Kier molecular flexibility index (Phi) is 5.06. The largest absolute Gasteiger partial charge is 0.362 e. The highest BCUT2D eigenvalue weighted by molar-refractivity contribution is 6.24. The van der Waals surface area contributed by atoms with Crippen LogP contribution in [0.2, 0.25) is 0 Å². The molecule has 2 N–H and O–H groups in total. The van der Waals surface area contributed by atoms with Crippen LogP contribution >= 0.6 is 11.6 Å². The Bertz CT molecular complexity index is 104. The summed E-state index contributed by atoms with van der Waals surface area (Å²) in [6.07, 6.45) is 1.34. The molecule has 2 nitrogen and oxygen atoms in total. The molecule has 0 spiro atoms. The van der Waals surface area contributed by atoms with Gasteiger partial charge in [0.1, 0.15) is 6.23 Å². The maximum absolute atomic E-state index is 6.19. The van der Waals surface area contributed by atoms with E-state index >= 15 is 0 Å². The summed E-state index contributed by atoms with van der Waals surface area (Å²) in [5.74, 6) is 0. The smallest absolute Gasteiger partial charge is 0.124 e. The van der Waals surface area contributed by atoms with Crippen molar-refractivity contribution in [1.29, 1.82) is 0 Å². The Hall–Kier alpha value is 0.210. The Morgan fingerprint density at radius 3 is 2.09 bits per heavy atom. The molecular weight excluding hydrogens is 162 g/mol. The predicted octanol–water partition coefficient (Wildman–Crippen LogP) is 2.11. The van der Waals surface area contributed by atoms with E-state index in [-0.39, 0.29) is 11.1 Å². The highest BCUT2D eigenvalue weighted by Gasteiger charge is 2.31. The molecule has 0 aliphatic carbocycles. The maximum atomic E-state index is 6.19. The van der Waals surface area contributed by atoms with E-state index in [0.717, 1.165) is 12.8 Å². The van der Waals surface area contributed by atoms with Gasteiger partial charge in [0, 0.05) is 6.61 Å². The number of hydrogen-bond donors (Lipinski definition) is 1. The van der Waals surface area contributed by atoms with Gasteiger partial charge in [-0.05, 0) is 19.8 Å². The van der Waals surface area contributed by atoms with E-state index < -0.39 is 0 Å². The molecule has 0 amide bonds. The lowest BCUT2D eigenvalue weighted by Gasteiger charge is -2.30. The minimum Gasteiger partial charge on any atom is -0.362 e. The Labute approximate surface area is 74.1 Å². The molecule has 0 aromatic carbocycles. The van der Waals surface area contributed by atoms with Crippen molar-refractivity contribution < 1.29 is 4.74 Å². The van der Waals surface area contributed by atoms with Gasteiger partial charge < -0.3 is 10.5 Å². The van der Waals surface area contributed by atoms with Crippen LogP contribution < -0.4 is 5.73 Å². The van der Waals surface area contributed by atoms with E-state index in [9.17, 15) is 0 Å². The summed E-state index contributed by atoms with van der Waals surface area (Å²) >= 11 is 6.19. The minimum atomic E-state index is -0.379. The van der Waals surface area contributed by atoms with Crippen molar-refractivity contribution in [3.63, 3.8) is 0 Å². The van der Waals surface area contributed by atoms with Crippen LogP contribution in [0, 0.1) is 0 Å². The molecule has 1 atom stereocenters. The molecule has 0 aliphatic heterocycles. The molecule has 0 aromatic rings. The van der Waals surface area contributed by atoms with Crippen LogP contribution in [0.4, 0.5) is 0 Å². The first-order valence-electron chi connectivity index (χ1n) is 4.16. The number of halogens is 1. The third-order valence-corrected chi connectivity index (χ3v) is 2.78. The second kappa shape index (κ2) is 4.96. The fraction of sp³-hybridized carbons (Fsp3) is 1.00. The van der Waals surface area contributed by atoms with Crippen LogP contribution in [0.3, 0.4) is 0 Å². The van der Waals surface area contributed by atoms with Gasteiger partial charge in [-0.25, -0.2) is 0 Å². The third kappa shape index (κ3) is 2.97. The van der Waals surface area contributed by atoms with Crippen molar-refractivity contribution in [2.75, 3.05) is 6.61 Å². The third-order valence-electron chi connectivity index (χ3n) is 2.03. The van der Waals surface area contributed by atoms with Gasteiger partial charge in [0.2, 0.25) is 0 Å². The molecule has 0 aliphatic rings. The van der Waals surface area contributed by atoms with Gasteiger partial charge in [0.25, 0.3) is 0 Å². The summed E-state index contributed by atoms with van der Waals surface area (Å²) in [5, 5.41) is 0. The fourth-order valence-electron chi connectivity index (χ4n) is 0.981. The molecule has 0 bridgehead atoms. The van der Waals surface area contributed by atoms with Crippen LogP contribution in [0.1, 0.15) is 33.6 Å². The highest BCUT2D eigenvalue weighted by atomic mass is 35.5. The first kappa shape index (κ1) is 11.2. The molecule has 1 unspecified atom stereocenters. The van der Waals surface area contributed by atoms with Gasteiger partial charge in [-0.3, -0.25) is 0 Å². The molecule has 11 heavy (non-hydrogen) atoms. The van der Waals surface area contributed by atoms with Crippen LogP contribution in [-0.4, -0.2) is 17.7 Å². The van der Waals surface area contributed by atoms with Crippen LogP contribution in [0.25, 0.3) is 0 Å². The molecule has 0 saturated heterocycles. The standard InChI is InChI=1S/C8H18ClNO/c1-4-8(9,5-2)7(10)11-6-3/h7H,4-6,10H2,1-3H3. The zero-order chi connectivity index (χ0) is 8.91. The van der Waals surface area contributed by atoms with Crippen LogP contribution in [0.15, 0.2) is 0 Å². The summed E-state index contributed by atoms with van der Waals surface area (Å²) in [6, 6.07) is 0. The molecule has 0 radical (unpaired) electrons. The van der Waals surface area contributed by atoms with Gasteiger partial charge >= 0.3 is 0 Å². The van der Waals surface area contributed by atoms with E-state index in [2.05, 4.69) is 0 Å². The SMILES string of the molecule is CCOC(N)C(Cl)(CC)CC. The Morgan fingerprint density at radius 1 is 1.36 bits per heavy atom. The summed E-state index contributed by atoms with van der Waals surface area (Å²) in [6.45, 7) is 6.59. The molecule has 0 fully saturated rings. The second-order valence-corrected chi connectivity index (χ2v) is 3.37. The molecule has 0 aromatic heterocycles. The lowest BCUT2D eigenvalue weighted by atomic mass is 10.0. The fourth-order valence-corrected chi connectivity index (χ4v) is 1.04. The number of nitrogens with two attached hydrogens (primary N) is 1. The summed E-state index contributed by atoms with van der Waals surface area (Å²) in [7, 11) is 0. The summed E-state index contributed by atoms with van der Waals surface area (Å²) in [5.41, 5.74) is 5.73. The van der Waals surface area contributed by atoms with E-state index in [4.69, 9.17) is 22.1 Å². The molecule has 0 saturated carbocycles. The maximum Gasteiger partial charge on any atom is 0.124 e. The molecule has 0 heterocycles. The molecular formula is C8H18ClNO. The normalized spacial score (nSPS) is 15.0. The number of hydrogen-bond acceptors (Lipinski definition) is 2. The quantitative estimate of drug-likeness (QED) is 0.518. The first-order chi connectivity index (χ1) is 5.10. The van der Waals surface area contributed by atoms with Crippen molar-refractivity contribution >= 4 is 11.6 Å². The van der Waals surface area contributed by atoms with Crippen LogP contribution in [0.5, 0.6) is 0 Å². The van der Waals surface area contributed by atoms with Crippen molar-refractivity contribution in [3.05, 3.63) is 0 Å². The van der Waals surface area contributed by atoms with Gasteiger partial charge in [-0.1, -0.05) is 13.8 Å². The number of ether oxygens (including phenoxy) is 1. The van der Waals surface area contributed by atoms with Crippen molar-refractivity contribution in [1.82, 2.24) is 0 Å². The van der Waals surface area contributed by atoms with Gasteiger partial charge in [0.05, 0.1) is 4.87 Å². The highest BCUT2D eigenvalue weighted by Crippen LogP contribution is 2.27. The lowest BCUT2D eigenvalue weighted by Crippen LogP contribution is -2.44. The topological polar surface area (TPSA) is 35.2 Å². The van der Waals surface area contributed by atoms with Gasteiger partial charge in [-0.2, -0.15) is 0 Å². The predicted molar refractivity (Wildman–Crippen MR) is 48.8 cm³/mol. The average molecular weight is 180 g/mol. The molecule has 68 valence electrons. The van der Waals surface area contributed by atoms with Gasteiger partial charge in [0.15, 0.2) is 0 Å². The number of alkyl halides is 1. The van der Waals surface area contributed by atoms with E-state index in [0.29, 0.717) is 6.61 Å².